The lowest BCUT2D eigenvalue weighted by Crippen LogP contribution is -2.05. The molecule has 0 fully saturated rings. The van der Waals surface area contributed by atoms with E-state index in [0.29, 0.717) is 5.41 Å². The van der Waals surface area contributed by atoms with Crippen LogP contribution < -0.4 is 0 Å². The van der Waals surface area contributed by atoms with Crippen molar-refractivity contribution in [1.29, 1.82) is 0 Å². The molecule has 0 saturated heterocycles. The van der Waals surface area contributed by atoms with Gasteiger partial charge in [0, 0.05) is 0 Å². The number of hydrogen-bond acceptors (Lipinski definition) is 0. The molecule has 0 aromatic rings. The van der Waals surface area contributed by atoms with Gasteiger partial charge in [-0.25, -0.2) is 0 Å². The second-order valence-electron chi connectivity index (χ2n) is 5.32. The lowest BCUT2D eigenvalue weighted by molar-refractivity contribution is 0.378. The summed E-state index contributed by atoms with van der Waals surface area (Å²) < 4.78 is 0. The van der Waals surface area contributed by atoms with E-state index in [1.807, 2.05) is 0 Å². The zero-order valence-corrected chi connectivity index (χ0v) is 10.1. The molecule has 0 spiro atoms. The number of allylic oxidation sites excluding steroid dienone is 3. The first-order valence-corrected chi connectivity index (χ1v) is 5.06. The maximum absolute atomic E-state index is 4.02. The van der Waals surface area contributed by atoms with Gasteiger partial charge in [0.05, 0.1) is 0 Å². The summed E-state index contributed by atoms with van der Waals surface area (Å²) in [6.07, 6.45) is 2.40. The molecule has 0 rings (SSSR count). The first kappa shape index (κ1) is 12.5. The fourth-order valence-electron chi connectivity index (χ4n) is 1.39. The highest BCUT2D eigenvalue weighted by molar-refractivity contribution is 5.30. The topological polar surface area (TPSA) is 0 Å². The largest absolute Gasteiger partial charge is 0.0958 e. The van der Waals surface area contributed by atoms with Gasteiger partial charge in [-0.15, -0.1) is 0 Å². The summed E-state index contributed by atoms with van der Waals surface area (Å²) in [5, 5.41) is 0. The molecule has 0 heterocycles. The highest BCUT2D eigenvalue weighted by Crippen LogP contribution is 2.27. The minimum atomic E-state index is 0.427. The molecule has 0 atom stereocenters. The first-order valence-electron chi connectivity index (χ1n) is 5.06. The molecule has 0 heteroatoms. The van der Waals surface area contributed by atoms with Crippen LogP contribution >= 0.6 is 0 Å². The highest BCUT2D eigenvalue weighted by Gasteiger charge is 2.11. The van der Waals surface area contributed by atoms with Gasteiger partial charge in [-0.2, -0.15) is 0 Å². The molecule has 0 aromatic carbocycles. The quantitative estimate of drug-likeness (QED) is 0.551. The van der Waals surface area contributed by atoms with Crippen LogP contribution in [0.25, 0.3) is 0 Å². The van der Waals surface area contributed by atoms with Crippen LogP contribution in [-0.2, 0) is 0 Å². The van der Waals surface area contributed by atoms with Gasteiger partial charge in [0.25, 0.3) is 0 Å². The number of rotatable bonds is 3. The Kier molecular flexibility index (Phi) is 4.46. The Bertz CT molecular complexity index is 207. The van der Waals surface area contributed by atoms with Crippen LogP contribution in [0.1, 0.15) is 54.4 Å². The normalized spacial score (nSPS) is 11.2. The van der Waals surface area contributed by atoms with Crippen LogP contribution in [0.4, 0.5) is 0 Å². The zero-order valence-electron chi connectivity index (χ0n) is 10.1. The average molecular weight is 180 g/mol. The van der Waals surface area contributed by atoms with E-state index in [2.05, 4.69) is 48.1 Å². The molecular weight excluding hydrogens is 156 g/mol. The molecule has 0 unspecified atom stereocenters. The fourth-order valence-corrected chi connectivity index (χ4v) is 1.39. The third kappa shape index (κ3) is 5.68. The second-order valence-corrected chi connectivity index (χ2v) is 5.32. The summed E-state index contributed by atoms with van der Waals surface area (Å²) in [7, 11) is 0. The standard InChI is InChI=1S/C13H24/c1-10(2)12(11(3)4)8-9-13(5,6)7/h1,8-9H2,2-7H3. The maximum Gasteiger partial charge on any atom is -0.0272 e. The molecule has 76 valence electrons. The second kappa shape index (κ2) is 4.64. The van der Waals surface area contributed by atoms with Crippen molar-refractivity contribution in [3.8, 4) is 0 Å². The summed E-state index contributed by atoms with van der Waals surface area (Å²) in [4.78, 5) is 0. The van der Waals surface area contributed by atoms with E-state index >= 15 is 0 Å². The lowest BCUT2D eigenvalue weighted by Gasteiger charge is -2.20. The molecule has 0 bridgehead atoms. The van der Waals surface area contributed by atoms with Crippen LogP contribution in [0.5, 0.6) is 0 Å². The van der Waals surface area contributed by atoms with E-state index in [0.717, 1.165) is 0 Å². The van der Waals surface area contributed by atoms with Gasteiger partial charge < -0.3 is 0 Å². The molecule has 13 heavy (non-hydrogen) atoms. The molecule has 0 nitrogen and oxygen atoms in total. The Morgan fingerprint density at radius 3 is 1.77 bits per heavy atom. The van der Waals surface area contributed by atoms with E-state index in [-0.39, 0.29) is 0 Å². The molecule has 0 saturated carbocycles. The summed E-state index contributed by atoms with van der Waals surface area (Å²) in [5.41, 5.74) is 4.52. The number of hydrogen-bond donors (Lipinski definition) is 0. The molecule has 0 aliphatic rings. The van der Waals surface area contributed by atoms with Gasteiger partial charge in [-0.1, -0.05) is 38.5 Å². The maximum atomic E-state index is 4.02. The van der Waals surface area contributed by atoms with Crippen molar-refractivity contribution in [1.82, 2.24) is 0 Å². The van der Waals surface area contributed by atoms with Crippen LogP contribution in [0.3, 0.4) is 0 Å². The van der Waals surface area contributed by atoms with E-state index in [4.69, 9.17) is 0 Å². The van der Waals surface area contributed by atoms with E-state index in [1.165, 1.54) is 29.6 Å². The monoisotopic (exact) mass is 180 g/mol. The smallest absolute Gasteiger partial charge is 0.0272 e. The molecule has 0 amide bonds. The molecule has 0 aliphatic heterocycles. The predicted octanol–water partition coefficient (Wildman–Crippen LogP) is 4.73. The summed E-state index contributed by atoms with van der Waals surface area (Å²) >= 11 is 0. The Morgan fingerprint density at radius 2 is 1.54 bits per heavy atom. The fraction of sp³-hybridized carbons (Fsp3) is 0.692. The Hall–Kier alpha value is -0.520. The van der Waals surface area contributed by atoms with Gasteiger partial charge in [0.15, 0.2) is 0 Å². The minimum absolute atomic E-state index is 0.427. The highest BCUT2D eigenvalue weighted by atomic mass is 14.2. The predicted molar refractivity (Wildman–Crippen MR) is 61.9 cm³/mol. The average Bonchev–Trinajstić information content (AvgIpc) is 1.82. The molecule has 0 N–H and O–H groups in total. The van der Waals surface area contributed by atoms with Crippen molar-refractivity contribution in [3.05, 3.63) is 23.3 Å². The van der Waals surface area contributed by atoms with Crippen LogP contribution in [0.2, 0.25) is 0 Å². The van der Waals surface area contributed by atoms with E-state index < -0.39 is 0 Å². The van der Waals surface area contributed by atoms with Crippen molar-refractivity contribution in [2.45, 2.75) is 54.4 Å². The first-order chi connectivity index (χ1) is 5.74. The van der Waals surface area contributed by atoms with Gasteiger partial charge in [0.1, 0.15) is 0 Å². The van der Waals surface area contributed by atoms with Crippen molar-refractivity contribution in [2.24, 2.45) is 5.41 Å². The van der Waals surface area contributed by atoms with Crippen molar-refractivity contribution >= 4 is 0 Å². The van der Waals surface area contributed by atoms with Crippen molar-refractivity contribution < 1.29 is 0 Å². The van der Waals surface area contributed by atoms with Gasteiger partial charge in [0.2, 0.25) is 0 Å². The van der Waals surface area contributed by atoms with Crippen LogP contribution in [0, 0.1) is 5.41 Å². The van der Waals surface area contributed by atoms with Crippen molar-refractivity contribution in [2.75, 3.05) is 0 Å². The lowest BCUT2D eigenvalue weighted by atomic mass is 9.86. The van der Waals surface area contributed by atoms with Crippen LogP contribution in [0.15, 0.2) is 23.3 Å². The third-order valence-electron chi connectivity index (χ3n) is 2.24. The Balaban J connectivity index is 4.33. The molecule has 0 radical (unpaired) electrons. The van der Waals surface area contributed by atoms with E-state index in [1.54, 1.807) is 0 Å². The van der Waals surface area contributed by atoms with Gasteiger partial charge in [-0.05, 0) is 44.6 Å². The summed E-state index contributed by atoms with van der Waals surface area (Å²) in [5.74, 6) is 0. The molecular formula is C13H24. The van der Waals surface area contributed by atoms with Gasteiger partial charge in [-0.3, -0.25) is 0 Å². The minimum Gasteiger partial charge on any atom is -0.0958 e. The zero-order chi connectivity index (χ0) is 10.6. The Morgan fingerprint density at radius 1 is 1.08 bits per heavy atom. The van der Waals surface area contributed by atoms with E-state index in [9.17, 15) is 0 Å². The van der Waals surface area contributed by atoms with Crippen LogP contribution in [-0.4, -0.2) is 0 Å². The molecule has 0 aliphatic carbocycles. The molecule has 0 aromatic heterocycles. The summed E-state index contributed by atoms with van der Waals surface area (Å²) in [6.45, 7) is 17.3. The summed E-state index contributed by atoms with van der Waals surface area (Å²) in [6, 6.07) is 0. The third-order valence-corrected chi connectivity index (χ3v) is 2.24. The Labute approximate surface area is 83.7 Å². The SMILES string of the molecule is C=C(C)C(CCC(C)(C)C)=C(C)C. The van der Waals surface area contributed by atoms with Gasteiger partial charge >= 0.3 is 0 Å². The van der Waals surface area contributed by atoms with Crippen molar-refractivity contribution in [3.63, 3.8) is 0 Å².